The Morgan fingerprint density at radius 1 is 0.973 bits per heavy atom. The van der Waals surface area contributed by atoms with Gasteiger partial charge in [0.05, 0.1) is 29.7 Å². The average molecular weight is 498 g/mol. The van der Waals surface area contributed by atoms with Gasteiger partial charge in [0.25, 0.3) is 5.56 Å². The summed E-state index contributed by atoms with van der Waals surface area (Å²) >= 11 is 0. The largest absolute Gasteiger partial charge is 0.495 e. The highest BCUT2D eigenvalue weighted by molar-refractivity contribution is 5.79. The van der Waals surface area contributed by atoms with Crippen molar-refractivity contribution in [3.8, 4) is 11.4 Å². The minimum atomic E-state index is -0.414. The Morgan fingerprint density at radius 2 is 1.68 bits per heavy atom. The number of rotatable bonds is 11. The zero-order chi connectivity index (χ0) is 26.2. The molecule has 1 aromatic heterocycles. The molecule has 0 bridgehead atoms. The maximum atomic E-state index is 13.8. The first-order valence-corrected chi connectivity index (χ1v) is 13.0. The second kappa shape index (κ2) is 12.3. The number of unbranched alkanes of at least 4 members (excludes halogenated alkanes) is 2. The Labute approximate surface area is 218 Å². The Hall–Kier alpha value is -3.93. The molecule has 1 heterocycles. The average Bonchev–Trinajstić information content (AvgIpc) is 2.94. The van der Waals surface area contributed by atoms with Crippen LogP contribution >= 0.6 is 0 Å². The van der Waals surface area contributed by atoms with Gasteiger partial charge in [-0.05, 0) is 49.6 Å². The van der Waals surface area contributed by atoms with Crippen LogP contribution in [-0.4, -0.2) is 34.0 Å². The van der Waals surface area contributed by atoms with Crippen molar-refractivity contribution in [2.75, 3.05) is 13.7 Å². The summed E-state index contributed by atoms with van der Waals surface area (Å²) in [7, 11) is 1.59. The molecule has 6 heteroatoms. The maximum absolute atomic E-state index is 13.8. The number of ether oxygens (including phenoxy) is 1. The lowest BCUT2D eigenvalue weighted by Gasteiger charge is -2.31. The molecule has 1 unspecified atom stereocenters. The van der Waals surface area contributed by atoms with Crippen molar-refractivity contribution in [1.82, 2.24) is 14.5 Å². The van der Waals surface area contributed by atoms with Crippen LogP contribution in [0.2, 0.25) is 0 Å². The van der Waals surface area contributed by atoms with E-state index in [-0.39, 0.29) is 11.5 Å². The predicted molar refractivity (Wildman–Crippen MR) is 148 cm³/mol. The first-order chi connectivity index (χ1) is 18.0. The van der Waals surface area contributed by atoms with E-state index in [2.05, 4.69) is 6.92 Å². The molecule has 4 aromatic rings. The molecule has 1 atom stereocenters. The van der Waals surface area contributed by atoms with Gasteiger partial charge in [-0.25, -0.2) is 4.98 Å². The molecular formula is C31H35N3O3. The van der Waals surface area contributed by atoms with Crippen molar-refractivity contribution in [2.24, 2.45) is 0 Å². The van der Waals surface area contributed by atoms with Crippen molar-refractivity contribution >= 4 is 16.8 Å². The Morgan fingerprint density at radius 3 is 2.43 bits per heavy atom. The maximum Gasteiger partial charge on any atom is 0.266 e. The highest BCUT2D eigenvalue weighted by Gasteiger charge is 2.27. The number of aromatic nitrogens is 2. The lowest BCUT2D eigenvalue weighted by atomic mass is 10.1. The predicted octanol–water partition coefficient (Wildman–Crippen LogP) is 6.11. The minimum absolute atomic E-state index is 0.0569. The lowest BCUT2D eigenvalue weighted by Crippen LogP contribution is -2.38. The molecule has 0 spiro atoms. The standard InChI is InChI=1S/C31H35N3O3/c1-4-5-13-22-33(29(35)21-20-24-14-7-6-8-15-24)23(2)30-32-26-17-10-9-16-25(26)31(36)34(30)27-18-11-12-19-28(27)37-3/h6-12,14-19,23H,4-5,13,20-22H2,1-3H3. The Kier molecular flexibility index (Phi) is 8.72. The number of carbonyl (C=O) groups is 1. The molecule has 192 valence electrons. The van der Waals surface area contributed by atoms with Gasteiger partial charge in [-0.3, -0.25) is 14.2 Å². The quantitative estimate of drug-likeness (QED) is 0.235. The Bertz CT molecular complexity index is 1400. The molecule has 0 aliphatic carbocycles. The van der Waals surface area contributed by atoms with E-state index in [9.17, 15) is 9.59 Å². The van der Waals surface area contributed by atoms with E-state index in [4.69, 9.17) is 9.72 Å². The number of fused-ring (bicyclic) bond motifs is 1. The van der Waals surface area contributed by atoms with E-state index in [1.807, 2.05) is 84.6 Å². The van der Waals surface area contributed by atoms with Gasteiger partial charge in [0.1, 0.15) is 11.6 Å². The summed E-state index contributed by atoms with van der Waals surface area (Å²) in [5, 5.41) is 0.525. The fourth-order valence-electron chi connectivity index (χ4n) is 4.72. The third kappa shape index (κ3) is 5.91. The smallest absolute Gasteiger partial charge is 0.266 e. The number of amides is 1. The topological polar surface area (TPSA) is 64.4 Å². The molecule has 0 fully saturated rings. The minimum Gasteiger partial charge on any atom is -0.495 e. The molecule has 0 N–H and O–H groups in total. The van der Waals surface area contributed by atoms with E-state index >= 15 is 0 Å². The van der Waals surface area contributed by atoms with E-state index in [1.54, 1.807) is 17.7 Å². The number of aryl methyl sites for hydroxylation is 1. The molecule has 1 amide bonds. The summed E-state index contributed by atoms with van der Waals surface area (Å²) in [5.74, 6) is 1.15. The van der Waals surface area contributed by atoms with Crippen LogP contribution in [-0.2, 0) is 11.2 Å². The summed E-state index contributed by atoms with van der Waals surface area (Å²) in [4.78, 5) is 34.3. The van der Waals surface area contributed by atoms with Crippen LogP contribution in [0, 0.1) is 0 Å². The molecule has 0 saturated heterocycles. The molecule has 0 saturated carbocycles. The van der Waals surface area contributed by atoms with Gasteiger partial charge >= 0.3 is 0 Å². The van der Waals surface area contributed by atoms with Crippen LogP contribution in [0.5, 0.6) is 5.75 Å². The van der Waals surface area contributed by atoms with Gasteiger partial charge in [0, 0.05) is 13.0 Å². The van der Waals surface area contributed by atoms with Crippen LogP contribution in [0.4, 0.5) is 0 Å². The van der Waals surface area contributed by atoms with Gasteiger partial charge < -0.3 is 9.64 Å². The van der Waals surface area contributed by atoms with Crippen LogP contribution in [0.3, 0.4) is 0 Å². The number of benzene rings is 3. The van der Waals surface area contributed by atoms with Gasteiger partial charge in [-0.15, -0.1) is 0 Å². The summed E-state index contributed by atoms with van der Waals surface area (Å²) in [6.07, 6.45) is 4.04. The lowest BCUT2D eigenvalue weighted by molar-refractivity contribution is -0.133. The molecule has 4 rings (SSSR count). The summed E-state index contributed by atoms with van der Waals surface area (Å²) in [6.45, 7) is 4.72. The van der Waals surface area contributed by atoms with Crippen molar-refractivity contribution in [3.05, 3.63) is 101 Å². The zero-order valence-electron chi connectivity index (χ0n) is 21.9. The van der Waals surface area contributed by atoms with Crippen LogP contribution in [0.1, 0.15) is 57.0 Å². The van der Waals surface area contributed by atoms with Gasteiger partial charge in [-0.2, -0.15) is 0 Å². The van der Waals surface area contributed by atoms with E-state index in [0.29, 0.717) is 47.6 Å². The highest BCUT2D eigenvalue weighted by Crippen LogP contribution is 2.28. The first kappa shape index (κ1) is 26.1. The Balaban J connectivity index is 1.79. The number of para-hydroxylation sites is 3. The third-order valence-electron chi connectivity index (χ3n) is 6.76. The van der Waals surface area contributed by atoms with Gasteiger partial charge in [0.2, 0.25) is 5.91 Å². The fraction of sp³-hybridized carbons (Fsp3) is 0.323. The van der Waals surface area contributed by atoms with Crippen molar-refractivity contribution in [2.45, 2.75) is 52.0 Å². The summed E-state index contributed by atoms with van der Waals surface area (Å²) in [6, 6.07) is 24.4. The zero-order valence-corrected chi connectivity index (χ0v) is 21.9. The van der Waals surface area contributed by atoms with Crippen LogP contribution in [0.25, 0.3) is 16.6 Å². The number of hydrogen-bond donors (Lipinski definition) is 0. The summed E-state index contributed by atoms with van der Waals surface area (Å²) in [5.41, 5.74) is 2.18. The molecule has 6 nitrogen and oxygen atoms in total. The highest BCUT2D eigenvalue weighted by atomic mass is 16.5. The number of nitrogens with zero attached hydrogens (tertiary/aromatic N) is 3. The van der Waals surface area contributed by atoms with Crippen molar-refractivity contribution in [3.63, 3.8) is 0 Å². The molecule has 37 heavy (non-hydrogen) atoms. The molecule has 0 radical (unpaired) electrons. The fourth-order valence-corrected chi connectivity index (χ4v) is 4.72. The summed E-state index contributed by atoms with van der Waals surface area (Å²) < 4.78 is 7.22. The van der Waals surface area contributed by atoms with Crippen molar-refractivity contribution in [1.29, 1.82) is 0 Å². The second-order valence-corrected chi connectivity index (χ2v) is 9.26. The normalized spacial score (nSPS) is 11.9. The second-order valence-electron chi connectivity index (χ2n) is 9.26. The van der Waals surface area contributed by atoms with Crippen molar-refractivity contribution < 1.29 is 9.53 Å². The van der Waals surface area contributed by atoms with Crippen LogP contribution < -0.4 is 10.3 Å². The molecule has 3 aromatic carbocycles. The molecule has 0 aliphatic rings. The third-order valence-corrected chi connectivity index (χ3v) is 6.76. The number of hydrogen-bond acceptors (Lipinski definition) is 4. The van der Waals surface area contributed by atoms with E-state index < -0.39 is 6.04 Å². The van der Waals surface area contributed by atoms with E-state index in [0.717, 1.165) is 24.8 Å². The van der Waals surface area contributed by atoms with Gasteiger partial charge in [0.15, 0.2) is 0 Å². The SMILES string of the molecule is CCCCCN(C(=O)CCc1ccccc1)C(C)c1nc2ccccc2c(=O)n1-c1ccccc1OC. The molecular weight excluding hydrogens is 462 g/mol. The molecule has 0 aliphatic heterocycles. The monoisotopic (exact) mass is 497 g/mol. The van der Waals surface area contributed by atoms with Gasteiger partial charge in [-0.1, -0.05) is 74.4 Å². The number of carbonyl (C=O) groups excluding carboxylic acids is 1. The van der Waals surface area contributed by atoms with Crippen LogP contribution in [0.15, 0.2) is 83.7 Å². The van der Waals surface area contributed by atoms with E-state index in [1.165, 1.54) is 0 Å². The first-order valence-electron chi connectivity index (χ1n) is 13.0. The number of methoxy groups -OCH3 is 1.